The first kappa shape index (κ1) is 13.8. The highest BCUT2D eigenvalue weighted by molar-refractivity contribution is 7.86. The number of carboxylic acids is 1. The Hall–Kier alpha value is -2.59. The van der Waals surface area contributed by atoms with E-state index < -0.39 is 32.2 Å². The van der Waals surface area contributed by atoms with Crippen molar-refractivity contribution >= 4 is 21.8 Å². The normalized spacial score (nSPS) is 11.4. The smallest absolute Gasteiger partial charge is 0.353 e. The molecule has 106 valence electrons. The second kappa shape index (κ2) is 4.51. The summed E-state index contributed by atoms with van der Waals surface area (Å²) in [6, 6.07) is 4.55. The van der Waals surface area contributed by atoms with Gasteiger partial charge >= 0.3 is 5.97 Å². The van der Waals surface area contributed by atoms with Gasteiger partial charge in [0.1, 0.15) is 10.6 Å². The molecular weight excluding hydrogens is 290 g/mol. The number of carbonyl (C=O) groups is 1. The maximum atomic E-state index is 11.7. The second-order valence-corrected chi connectivity index (χ2v) is 5.18. The number of nitrogens with two attached hydrogens (primary N) is 1. The second-order valence-electron chi connectivity index (χ2n) is 3.82. The molecule has 0 spiro atoms. The van der Waals surface area contributed by atoms with Crippen LogP contribution in [0.5, 0.6) is 0 Å². The average Bonchev–Trinajstić information content (AvgIpc) is 2.69. The Kier molecular flexibility index (Phi) is 3.12. The van der Waals surface area contributed by atoms with E-state index in [1.54, 1.807) is 0 Å². The molecule has 10 heteroatoms. The number of rotatable bonds is 3. The van der Waals surface area contributed by atoms with E-state index in [0.29, 0.717) is 4.68 Å². The lowest BCUT2D eigenvalue weighted by atomic mass is 10.3. The van der Waals surface area contributed by atoms with Crippen LogP contribution in [-0.4, -0.2) is 33.8 Å². The first-order valence-electron chi connectivity index (χ1n) is 5.13. The third-order valence-electron chi connectivity index (χ3n) is 2.47. The zero-order valence-corrected chi connectivity index (χ0v) is 10.6. The van der Waals surface area contributed by atoms with Crippen molar-refractivity contribution in [2.24, 2.45) is 0 Å². The van der Waals surface area contributed by atoms with Crippen LogP contribution in [-0.2, 0) is 10.1 Å². The molecule has 0 saturated carbocycles. The fourth-order valence-electron chi connectivity index (χ4n) is 1.68. The van der Waals surface area contributed by atoms with Crippen LogP contribution < -0.4 is 11.3 Å². The first-order chi connectivity index (χ1) is 9.21. The molecule has 0 aliphatic rings. The predicted molar refractivity (Wildman–Crippen MR) is 67.6 cm³/mol. The Morgan fingerprint density at radius 1 is 1.35 bits per heavy atom. The van der Waals surface area contributed by atoms with E-state index in [-0.39, 0.29) is 11.4 Å². The predicted octanol–water partition coefficient (Wildman–Crippen LogP) is -0.307. The lowest BCUT2D eigenvalue weighted by Gasteiger charge is -2.09. The van der Waals surface area contributed by atoms with Crippen molar-refractivity contribution in [1.82, 2.24) is 9.78 Å². The molecule has 0 aliphatic carbocycles. The molecular formula is C10H9N3O6S. The van der Waals surface area contributed by atoms with Gasteiger partial charge in [-0.2, -0.15) is 8.42 Å². The van der Waals surface area contributed by atoms with Gasteiger partial charge in [0, 0.05) is 6.07 Å². The average molecular weight is 299 g/mol. The van der Waals surface area contributed by atoms with E-state index in [0.717, 1.165) is 6.07 Å². The minimum Gasteiger partial charge on any atom is -0.477 e. The van der Waals surface area contributed by atoms with Gasteiger partial charge in [-0.3, -0.25) is 14.4 Å². The fourth-order valence-corrected chi connectivity index (χ4v) is 2.47. The number of aromatic nitrogens is 2. The van der Waals surface area contributed by atoms with Crippen molar-refractivity contribution in [3.05, 3.63) is 40.3 Å². The Balaban J connectivity index is 2.81. The summed E-state index contributed by atoms with van der Waals surface area (Å²) in [5.41, 5.74) is 3.69. The van der Waals surface area contributed by atoms with Crippen LogP contribution in [0.1, 0.15) is 10.5 Å². The van der Waals surface area contributed by atoms with Crippen molar-refractivity contribution in [3.8, 4) is 5.69 Å². The summed E-state index contributed by atoms with van der Waals surface area (Å²) in [4.78, 5) is 21.8. The number of carboxylic acid groups (broad SMARTS) is 1. The number of anilines is 1. The van der Waals surface area contributed by atoms with Crippen molar-refractivity contribution < 1.29 is 22.9 Å². The largest absolute Gasteiger partial charge is 0.477 e. The van der Waals surface area contributed by atoms with Crippen molar-refractivity contribution in [3.63, 3.8) is 0 Å². The highest BCUT2D eigenvalue weighted by Crippen LogP contribution is 2.24. The van der Waals surface area contributed by atoms with Crippen LogP contribution in [0.2, 0.25) is 0 Å². The Labute approximate surface area is 112 Å². The highest BCUT2D eigenvalue weighted by Gasteiger charge is 2.22. The van der Waals surface area contributed by atoms with Gasteiger partial charge in [-0.15, -0.1) is 0 Å². The maximum Gasteiger partial charge on any atom is 0.353 e. The fraction of sp³-hybridized carbons (Fsp3) is 0. The summed E-state index contributed by atoms with van der Waals surface area (Å²) in [7, 11) is -4.69. The molecule has 0 fully saturated rings. The number of benzene rings is 1. The molecule has 2 aromatic rings. The van der Waals surface area contributed by atoms with E-state index in [2.05, 4.69) is 5.10 Å². The van der Waals surface area contributed by atoms with Crippen molar-refractivity contribution in [1.29, 1.82) is 0 Å². The first-order valence-corrected chi connectivity index (χ1v) is 6.57. The van der Waals surface area contributed by atoms with Crippen molar-refractivity contribution in [2.45, 2.75) is 4.90 Å². The molecule has 0 saturated heterocycles. The number of nitrogens with one attached hydrogen (secondary N) is 1. The van der Waals surface area contributed by atoms with Gasteiger partial charge in [0.25, 0.3) is 15.7 Å². The Morgan fingerprint density at radius 2 is 2.00 bits per heavy atom. The third-order valence-corrected chi connectivity index (χ3v) is 3.44. The molecule has 5 N–H and O–H groups in total. The standard InChI is InChI=1S/C10H9N3O6S/c11-5-2-1-3-7(9(5)20(17,18)19)13-8(14)4-6(12-13)10(15)16/h1-4,12H,11H2,(H,15,16)(H,17,18,19). The molecule has 1 aromatic heterocycles. The van der Waals surface area contributed by atoms with Gasteiger partial charge in [0.15, 0.2) is 0 Å². The summed E-state index contributed by atoms with van der Waals surface area (Å²) in [6.45, 7) is 0. The number of nitrogen functional groups attached to an aromatic ring is 1. The van der Waals surface area contributed by atoms with Gasteiger partial charge < -0.3 is 10.8 Å². The molecule has 0 aliphatic heterocycles. The van der Waals surface area contributed by atoms with Gasteiger partial charge in [-0.25, -0.2) is 9.48 Å². The zero-order valence-electron chi connectivity index (χ0n) is 9.77. The lowest BCUT2D eigenvalue weighted by Crippen LogP contribution is -2.18. The van der Waals surface area contributed by atoms with Gasteiger partial charge in [-0.05, 0) is 12.1 Å². The quantitative estimate of drug-likeness (QED) is 0.447. The molecule has 0 bridgehead atoms. The topological polar surface area (TPSA) is 155 Å². The van der Waals surface area contributed by atoms with E-state index in [1.165, 1.54) is 18.2 Å². The zero-order chi connectivity index (χ0) is 15.1. The number of aromatic carboxylic acids is 1. The van der Waals surface area contributed by atoms with E-state index >= 15 is 0 Å². The number of nitrogens with zero attached hydrogens (tertiary/aromatic N) is 1. The van der Waals surface area contributed by atoms with Gasteiger partial charge in [0.05, 0.1) is 11.4 Å². The number of aromatic amines is 1. The molecule has 2 rings (SSSR count). The highest BCUT2D eigenvalue weighted by atomic mass is 32.2. The van der Waals surface area contributed by atoms with Crippen LogP contribution >= 0.6 is 0 Å². The summed E-state index contributed by atoms with van der Waals surface area (Å²) < 4.78 is 32.5. The number of hydrogen-bond donors (Lipinski definition) is 4. The minimum absolute atomic E-state index is 0.273. The molecule has 0 amide bonds. The van der Waals surface area contributed by atoms with Crippen LogP contribution in [0.15, 0.2) is 34.0 Å². The summed E-state index contributed by atoms with van der Waals surface area (Å²) in [5, 5.41) is 11.0. The minimum atomic E-state index is -4.69. The van der Waals surface area contributed by atoms with Crippen LogP contribution in [0.25, 0.3) is 5.69 Å². The number of H-pyrrole nitrogens is 1. The number of hydrogen-bond acceptors (Lipinski definition) is 5. The monoisotopic (exact) mass is 299 g/mol. The molecule has 0 atom stereocenters. The van der Waals surface area contributed by atoms with E-state index in [4.69, 9.17) is 15.4 Å². The summed E-state index contributed by atoms with van der Waals surface area (Å²) in [5.74, 6) is -1.39. The summed E-state index contributed by atoms with van der Waals surface area (Å²) in [6.07, 6.45) is 0. The van der Waals surface area contributed by atoms with Gasteiger partial charge in [0.2, 0.25) is 0 Å². The third kappa shape index (κ3) is 2.29. The molecule has 9 nitrogen and oxygen atoms in total. The Morgan fingerprint density at radius 3 is 2.50 bits per heavy atom. The van der Waals surface area contributed by atoms with Crippen LogP contribution in [0.4, 0.5) is 5.69 Å². The Bertz CT molecular complexity index is 848. The summed E-state index contributed by atoms with van der Waals surface area (Å²) >= 11 is 0. The molecule has 0 radical (unpaired) electrons. The SMILES string of the molecule is Nc1cccc(-n2[nH]c(C(=O)O)cc2=O)c1S(=O)(=O)O. The van der Waals surface area contributed by atoms with Crippen molar-refractivity contribution in [2.75, 3.05) is 5.73 Å². The molecule has 0 unspecified atom stereocenters. The van der Waals surface area contributed by atoms with E-state index in [1.807, 2.05) is 0 Å². The lowest BCUT2D eigenvalue weighted by molar-refractivity contribution is 0.0690. The molecule has 1 aromatic carbocycles. The molecule has 20 heavy (non-hydrogen) atoms. The van der Waals surface area contributed by atoms with Crippen LogP contribution in [0, 0.1) is 0 Å². The maximum absolute atomic E-state index is 11.7. The molecule has 1 heterocycles. The van der Waals surface area contributed by atoms with Gasteiger partial charge in [-0.1, -0.05) is 6.07 Å². The van der Waals surface area contributed by atoms with E-state index in [9.17, 15) is 18.0 Å². The van der Waals surface area contributed by atoms with Crippen LogP contribution in [0.3, 0.4) is 0 Å².